The lowest BCUT2D eigenvalue weighted by Gasteiger charge is -2.27. The molecule has 0 spiro atoms. The van der Waals surface area contributed by atoms with Gasteiger partial charge in [-0.25, -0.2) is 0 Å². The molecule has 0 N–H and O–H groups in total. The van der Waals surface area contributed by atoms with Crippen molar-refractivity contribution in [3.8, 4) is 0 Å². The van der Waals surface area contributed by atoms with Crippen LogP contribution in [0.25, 0.3) is 0 Å². The van der Waals surface area contributed by atoms with E-state index in [2.05, 4.69) is 0 Å². The lowest BCUT2D eigenvalue weighted by atomic mass is 9.81. The summed E-state index contributed by atoms with van der Waals surface area (Å²) in [6.07, 6.45) is -0.145. The Balaban J connectivity index is 2.32. The summed E-state index contributed by atoms with van der Waals surface area (Å²) < 4.78 is 5.60. The predicted molar refractivity (Wildman–Crippen MR) is 69.9 cm³/mol. The van der Waals surface area contributed by atoms with Crippen LogP contribution in [0.1, 0.15) is 38.7 Å². The minimum Gasteiger partial charge on any atom is -0.372 e. The van der Waals surface area contributed by atoms with Crippen LogP contribution < -0.4 is 0 Å². The molecule has 0 saturated carbocycles. The zero-order valence-corrected chi connectivity index (χ0v) is 10.4. The van der Waals surface area contributed by atoms with Gasteiger partial charge in [-0.05, 0) is 23.6 Å². The normalized spacial score (nSPS) is 17.2. The van der Waals surface area contributed by atoms with Crippen LogP contribution in [0, 0.1) is 6.92 Å². The number of rotatable bonds is 1. The average molecular weight is 238 g/mol. The summed E-state index contributed by atoms with van der Waals surface area (Å²) in [7, 11) is 1.68. The van der Waals surface area contributed by atoms with E-state index in [9.17, 15) is 4.79 Å². The molecule has 0 amide bonds. The van der Waals surface area contributed by atoms with Crippen molar-refractivity contribution in [2.45, 2.75) is 13.0 Å². The highest BCUT2D eigenvalue weighted by molar-refractivity contribution is 6.13. The third kappa shape index (κ3) is 1.42. The molecule has 1 atom stereocenters. The van der Waals surface area contributed by atoms with Gasteiger partial charge in [0.05, 0.1) is 0 Å². The summed E-state index contributed by atoms with van der Waals surface area (Å²) in [6.45, 7) is 1.97. The first-order chi connectivity index (χ1) is 8.74. The number of methoxy groups -OCH3 is 1. The van der Waals surface area contributed by atoms with Gasteiger partial charge in [-0.3, -0.25) is 4.79 Å². The van der Waals surface area contributed by atoms with Crippen LogP contribution in [0.15, 0.2) is 42.5 Å². The topological polar surface area (TPSA) is 26.3 Å². The van der Waals surface area contributed by atoms with Gasteiger partial charge in [-0.2, -0.15) is 0 Å². The zero-order chi connectivity index (χ0) is 12.7. The molecule has 2 aromatic carbocycles. The van der Waals surface area contributed by atoms with Gasteiger partial charge in [0.1, 0.15) is 6.10 Å². The van der Waals surface area contributed by atoms with Crippen LogP contribution >= 0.6 is 0 Å². The Labute approximate surface area is 106 Å². The van der Waals surface area contributed by atoms with Gasteiger partial charge in [-0.15, -0.1) is 0 Å². The summed E-state index contributed by atoms with van der Waals surface area (Å²) in [5.74, 6) is 0.104. The summed E-state index contributed by atoms with van der Waals surface area (Å²) in [4.78, 5) is 12.5. The third-order valence-electron chi connectivity index (χ3n) is 3.54. The molecule has 0 fully saturated rings. The molecule has 90 valence electrons. The molecule has 0 aromatic heterocycles. The highest BCUT2D eigenvalue weighted by Crippen LogP contribution is 2.37. The maximum Gasteiger partial charge on any atom is 0.194 e. The van der Waals surface area contributed by atoms with Crippen molar-refractivity contribution in [3.05, 3.63) is 70.3 Å². The third-order valence-corrected chi connectivity index (χ3v) is 3.54. The smallest absolute Gasteiger partial charge is 0.194 e. The van der Waals surface area contributed by atoms with E-state index in [0.29, 0.717) is 0 Å². The van der Waals surface area contributed by atoms with Crippen molar-refractivity contribution < 1.29 is 9.53 Å². The quantitative estimate of drug-likeness (QED) is 0.762. The fourth-order valence-electron chi connectivity index (χ4n) is 2.71. The number of aryl methyl sites for hydroxylation is 1. The summed E-state index contributed by atoms with van der Waals surface area (Å²) in [6, 6.07) is 13.6. The van der Waals surface area contributed by atoms with Gasteiger partial charge in [0.2, 0.25) is 0 Å². The van der Waals surface area contributed by atoms with Crippen LogP contribution in [0.4, 0.5) is 0 Å². The molecular weight excluding hydrogens is 224 g/mol. The van der Waals surface area contributed by atoms with E-state index >= 15 is 0 Å². The molecule has 2 nitrogen and oxygen atoms in total. The van der Waals surface area contributed by atoms with Gasteiger partial charge in [0.15, 0.2) is 5.78 Å². The van der Waals surface area contributed by atoms with Crippen molar-refractivity contribution in [1.82, 2.24) is 0 Å². The Bertz CT molecular complexity index is 629. The van der Waals surface area contributed by atoms with Crippen LogP contribution in [0.5, 0.6) is 0 Å². The number of carbonyl (C=O) groups excluding carboxylic acids is 1. The fraction of sp³-hybridized carbons (Fsp3) is 0.188. The Morgan fingerprint density at radius 3 is 2.50 bits per heavy atom. The molecule has 1 aliphatic carbocycles. The first-order valence-corrected chi connectivity index (χ1v) is 6.00. The van der Waals surface area contributed by atoms with Crippen molar-refractivity contribution in [2.75, 3.05) is 7.11 Å². The summed E-state index contributed by atoms with van der Waals surface area (Å²) >= 11 is 0. The van der Waals surface area contributed by atoms with Crippen LogP contribution in [0.2, 0.25) is 0 Å². The molecule has 1 aliphatic rings. The summed E-state index contributed by atoms with van der Waals surface area (Å²) in [5.41, 5.74) is 4.49. The van der Waals surface area contributed by atoms with E-state index in [0.717, 1.165) is 27.8 Å². The van der Waals surface area contributed by atoms with Crippen LogP contribution in [0.3, 0.4) is 0 Å². The van der Waals surface area contributed by atoms with E-state index in [1.807, 2.05) is 49.4 Å². The standard InChI is InChI=1S/C16H14O2/c1-10-6-5-9-13-14(10)15(17)11-7-3-4-8-12(11)16(13)18-2/h3-9,16H,1-2H3. The Kier molecular flexibility index (Phi) is 2.53. The van der Waals surface area contributed by atoms with Gasteiger partial charge in [0.25, 0.3) is 0 Å². The highest BCUT2D eigenvalue weighted by atomic mass is 16.5. The monoisotopic (exact) mass is 238 g/mol. The van der Waals surface area contributed by atoms with E-state index in [1.54, 1.807) is 7.11 Å². The SMILES string of the molecule is COC1c2ccccc2C(=O)c2c(C)cccc21. The molecule has 3 rings (SSSR count). The first kappa shape index (κ1) is 11.2. The lowest BCUT2D eigenvalue weighted by molar-refractivity contribution is 0.0985. The Morgan fingerprint density at radius 2 is 1.72 bits per heavy atom. The number of carbonyl (C=O) groups is 1. The van der Waals surface area contributed by atoms with Gasteiger partial charge in [0, 0.05) is 18.2 Å². The summed E-state index contributed by atoms with van der Waals surface area (Å²) in [5, 5.41) is 0. The molecule has 0 heterocycles. The average Bonchev–Trinajstić information content (AvgIpc) is 2.39. The number of ether oxygens (including phenoxy) is 1. The molecule has 0 bridgehead atoms. The van der Waals surface area contributed by atoms with Crippen molar-refractivity contribution in [1.29, 1.82) is 0 Å². The zero-order valence-electron chi connectivity index (χ0n) is 10.4. The molecule has 2 heteroatoms. The molecule has 2 aromatic rings. The first-order valence-electron chi connectivity index (χ1n) is 6.00. The van der Waals surface area contributed by atoms with Crippen molar-refractivity contribution in [3.63, 3.8) is 0 Å². The molecule has 1 unspecified atom stereocenters. The molecule has 0 saturated heterocycles. The van der Waals surface area contributed by atoms with E-state index in [1.165, 1.54) is 0 Å². The second kappa shape index (κ2) is 4.07. The number of fused-ring (bicyclic) bond motifs is 2. The van der Waals surface area contributed by atoms with Crippen LogP contribution in [-0.2, 0) is 4.74 Å². The fourth-order valence-corrected chi connectivity index (χ4v) is 2.71. The van der Waals surface area contributed by atoms with Gasteiger partial charge >= 0.3 is 0 Å². The van der Waals surface area contributed by atoms with Gasteiger partial charge in [-0.1, -0.05) is 42.5 Å². The van der Waals surface area contributed by atoms with E-state index < -0.39 is 0 Å². The number of hydrogen-bond donors (Lipinski definition) is 0. The van der Waals surface area contributed by atoms with Crippen LogP contribution in [-0.4, -0.2) is 12.9 Å². The largest absolute Gasteiger partial charge is 0.372 e. The Morgan fingerprint density at radius 1 is 1.00 bits per heavy atom. The molecule has 0 radical (unpaired) electrons. The molecule has 18 heavy (non-hydrogen) atoms. The highest BCUT2D eigenvalue weighted by Gasteiger charge is 2.31. The molecular formula is C16H14O2. The Hall–Kier alpha value is -1.93. The van der Waals surface area contributed by atoms with E-state index in [-0.39, 0.29) is 11.9 Å². The predicted octanol–water partition coefficient (Wildman–Crippen LogP) is 3.28. The van der Waals surface area contributed by atoms with E-state index in [4.69, 9.17) is 4.74 Å². The number of ketones is 1. The van der Waals surface area contributed by atoms with Gasteiger partial charge < -0.3 is 4.74 Å². The number of benzene rings is 2. The maximum atomic E-state index is 12.5. The second-order valence-corrected chi connectivity index (χ2v) is 4.57. The minimum atomic E-state index is -0.145. The van der Waals surface area contributed by atoms with Crippen molar-refractivity contribution in [2.24, 2.45) is 0 Å². The number of hydrogen-bond acceptors (Lipinski definition) is 2. The lowest BCUT2D eigenvalue weighted by Crippen LogP contribution is -2.21. The minimum absolute atomic E-state index is 0.104. The second-order valence-electron chi connectivity index (χ2n) is 4.57. The molecule has 0 aliphatic heterocycles. The maximum absolute atomic E-state index is 12.5. The van der Waals surface area contributed by atoms with Crippen molar-refractivity contribution >= 4 is 5.78 Å².